The van der Waals surface area contributed by atoms with Gasteiger partial charge in [0.05, 0.1) is 15.7 Å². The van der Waals surface area contributed by atoms with Crippen LogP contribution in [0.5, 0.6) is 0 Å². The first-order chi connectivity index (χ1) is 12.3. The van der Waals surface area contributed by atoms with Crippen molar-refractivity contribution in [2.75, 3.05) is 18.0 Å². The molecule has 11 heteroatoms. The van der Waals surface area contributed by atoms with E-state index in [1.54, 1.807) is 13.8 Å². The number of aromatic carboxylic acids is 1. The monoisotopic (exact) mass is 422 g/mol. The molecule has 2 aliphatic rings. The zero-order chi connectivity index (χ0) is 18.7. The Balaban J connectivity index is 0.00000210. The third-order valence-corrected chi connectivity index (χ3v) is 7.18. The molecule has 3 heterocycles. The van der Waals surface area contributed by atoms with Crippen LogP contribution in [0.2, 0.25) is 10.0 Å². The molecule has 1 amide bonds. The molecular weight excluding hydrogens is 406 g/mol. The molecular formula is C16H17Cl2LiN4O3S. The molecule has 4 rings (SSSR count). The first kappa shape index (κ1) is 20.6. The number of carbonyl (C=O) groups excluding carboxylic acids is 1. The Morgan fingerprint density at radius 1 is 1.26 bits per heavy atom. The fraction of sp³-hybridized carbons (Fsp3) is 0.438. The zero-order valence-electron chi connectivity index (χ0n) is 14.0. The summed E-state index contributed by atoms with van der Waals surface area (Å²) in [5, 5.41) is 13.5. The summed E-state index contributed by atoms with van der Waals surface area (Å²) in [7, 11) is 0. The van der Waals surface area contributed by atoms with Gasteiger partial charge in [0.25, 0.3) is 5.91 Å². The number of amides is 1. The van der Waals surface area contributed by atoms with E-state index < -0.39 is 5.97 Å². The van der Waals surface area contributed by atoms with Crippen LogP contribution in [0.25, 0.3) is 0 Å². The summed E-state index contributed by atoms with van der Waals surface area (Å²) in [6.45, 7) is 4.96. The number of nitrogens with zero attached hydrogens (tertiary/aromatic N) is 2. The molecule has 1 aliphatic carbocycles. The van der Waals surface area contributed by atoms with Crippen molar-refractivity contribution in [2.24, 2.45) is 11.8 Å². The Kier molecular flexibility index (Phi) is 5.59. The van der Waals surface area contributed by atoms with E-state index in [4.69, 9.17) is 28.3 Å². The van der Waals surface area contributed by atoms with Crippen LogP contribution in [0, 0.1) is 25.7 Å². The molecule has 0 aromatic carbocycles. The van der Waals surface area contributed by atoms with E-state index in [-0.39, 0.29) is 46.4 Å². The summed E-state index contributed by atoms with van der Waals surface area (Å²) in [5.41, 5.74) is 1.49. The molecule has 0 spiro atoms. The van der Waals surface area contributed by atoms with E-state index >= 15 is 0 Å². The minimum absolute atomic E-state index is 0. The number of carboxylic acid groups (broad SMARTS) is 1. The number of aromatic nitrogens is 2. The van der Waals surface area contributed by atoms with Gasteiger partial charge in [-0.25, -0.2) is 9.78 Å². The maximum atomic E-state index is 12.4. The molecule has 1 aliphatic heterocycles. The molecule has 27 heavy (non-hydrogen) atoms. The number of carbonyl (C=O) groups is 2. The van der Waals surface area contributed by atoms with E-state index in [2.05, 4.69) is 20.2 Å². The van der Waals surface area contributed by atoms with Gasteiger partial charge in [0, 0.05) is 36.7 Å². The number of carboxylic acids is 1. The second kappa shape index (κ2) is 7.34. The van der Waals surface area contributed by atoms with Gasteiger partial charge in [-0.05, 0) is 13.8 Å². The molecule has 3 N–H and O–H groups in total. The van der Waals surface area contributed by atoms with Crippen molar-refractivity contribution in [3.05, 3.63) is 32.0 Å². The van der Waals surface area contributed by atoms with Crippen molar-refractivity contribution in [3.8, 4) is 0 Å². The quantitative estimate of drug-likeness (QED) is 0.656. The van der Waals surface area contributed by atoms with Gasteiger partial charge in [0.15, 0.2) is 5.13 Å². The average molecular weight is 423 g/mol. The molecule has 2 aromatic rings. The number of aromatic amines is 1. The zero-order valence-corrected chi connectivity index (χ0v) is 16.3. The SMILES string of the molecule is Cc1nc(N2C[C@@H]3[C@H](C2)[C@H]3NC(=O)c2[nH]c(C)c(Cl)c2Cl)sc1C(=O)O.[LiH]. The van der Waals surface area contributed by atoms with E-state index in [9.17, 15) is 9.59 Å². The number of thiazole rings is 1. The van der Waals surface area contributed by atoms with Gasteiger partial charge in [-0.1, -0.05) is 34.5 Å². The molecule has 140 valence electrons. The van der Waals surface area contributed by atoms with Crippen molar-refractivity contribution in [1.82, 2.24) is 15.3 Å². The second-order valence-corrected chi connectivity index (χ2v) is 8.43. The van der Waals surface area contributed by atoms with Gasteiger partial charge in [-0.2, -0.15) is 0 Å². The molecule has 1 saturated heterocycles. The topological polar surface area (TPSA) is 98.3 Å². The van der Waals surface area contributed by atoms with E-state index in [1.165, 1.54) is 11.3 Å². The van der Waals surface area contributed by atoms with Crippen molar-refractivity contribution in [1.29, 1.82) is 0 Å². The number of halogens is 2. The molecule has 0 unspecified atom stereocenters. The number of H-pyrrole nitrogens is 1. The number of piperidine rings is 1. The molecule has 3 atom stereocenters. The second-order valence-electron chi connectivity index (χ2n) is 6.70. The number of rotatable bonds is 4. The van der Waals surface area contributed by atoms with Gasteiger partial charge < -0.3 is 20.3 Å². The average Bonchev–Trinajstić information content (AvgIpc) is 2.97. The van der Waals surface area contributed by atoms with Crippen LogP contribution >= 0.6 is 34.5 Å². The Morgan fingerprint density at radius 2 is 1.89 bits per heavy atom. The van der Waals surface area contributed by atoms with Gasteiger partial charge in [-0.3, -0.25) is 4.79 Å². The number of anilines is 1. The van der Waals surface area contributed by atoms with Gasteiger partial charge in [0.1, 0.15) is 10.6 Å². The maximum absolute atomic E-state index is 12.4. The molecule has 0 bridgehead atoms. The van der Waals surface area contributed by atoms with Crippen molar-refractivity contribution >= 4 is 70.4 Å². The molecule has 7 nitrogen and oxygen atoms in total. The van der Waals surface area contributed by atoms with Crippen LogP contribution in [0.1, 0.15) is 31.5 Å². The van der Waals surface area contributed by atoms with Crippen LogP contribution in [0.15, 0.2) is 0 Å². The number of hydrogen-bond acceptors (Lipinski definition) is 5. The van der Waals surface area contributed by atoms with Crippen LogP contribution in [-0.4, -0.2) is 64.9 Å². The Labute approximate surface area is 181 Å². The van der Waals surface area contributed by atoms with Crippen LogP contribution in [-0.2, 0) is 0 Å². The van der Waals surface area contributed by atoms with E-state index in [0.29, 0.717) is 28.2 Å². The Morgan fingerprint density at radius 3 is 2.37 bits per heavy atom. The third kappa shape index (κ3) is 3.50. The Bertz CT molecular complexity index is 919. The van der Waals surface area contributed by atoms with Gasteiger partial charge >= 0.3 is 24.8 Å². The number of fused-ring (bicyclic) bond motifs is 1. The molecule has 0 radical (unpaired) electrons. The van der Waals surface area contributed by atoms with E-state index in [1.807, 2.05) is 0 Å². The number of hydrogen-bond donors (Lipinski definition) is 3. The predicted molar refractivity (Wildman–Crippen MR) is 107 cm³/mol. The normalized spacial score (nSPS) is 23.0. The number of nitrogens with one attached hydrogen (secondary N) is 2. The summed E-state index contributed by atoms with van der Waals surface area (Å²) in [4.78, 5) is 33.2. The predicted octanol–water partition coefficient (Wildman–Crippen LogP) is 2.31. The molecule has 2 aromatic heterocycles. The van der Waals surface area contributed by atoms with Gasteiger partial charge in [-0.15, -0.1) is 0 Å². The third-order valence-electron chi connectivity index (χ3n) is 5.02. The Hall–Kier alpha value is -1.17. The fourth-order valence-electron chi connectivity index (χ4n) is 3.56. The van der Waals surface area contributed by atoms with Gasteiger partial charge in [0.2, 0.25) is 0 Å². The van der Waals surface area contributed by atoms with Crippen LogP contribution in [0.4, 0.5) is 5.13 Å². The minimum atomic E-state index is -0.947. The van der Waals surface area contributed by atoms with Crippen LogP contribution in [0.3, 0.4) is 0 Å². The van der Waals surface area contributed by atoms with Crippen LogP contribution < -0.4 is 10.2 Å². The standard InChI is InChI=1S/C16H16Cl2N4O3S.Li.H/c1-5-9(17)10(18)12(19-5)14(23)21-11-7-3-22(4-8(7)11)16-20-6(2)13(26-16)15(24)25;;/h7-8,11,19H,3-4H2,1-2H3,(H,21,23)(H,24,25);;/t7-,8+,11+;;. The summed E-state index contributed by atoms with van der Waals surface area (Å²) in [5.74, 6) is -0.532. The van der Waals surface area contributed by atoms with E-state index in [0.717, 1.165) is 18.2 Å². The van der Waals surface area contributed by atoms with Crippen molar-refractivity contribution in [2.45, 2.75) is 19.9 Å². The van der Waals surface area contributed by atoms with Crippen molar-refractivity contribution in [3.63, 3.8) is 0 Å². The summed E-state index contributed by atoms with van der Waals surface area (Å²) in [6.07, 6.45) is 0. The molecule has 1 saturated carbocycles. The fourth-order valence-corrected chi connectivity index (χ4v) is 4.90. The first-order valence-corrected chi connectivity index (χ1v) is 9.65. The summed E-state index contributed by atoms with van der Waals surface area (Å²) >= 11 is 13.3. The van der Waals surface area contributed by atoms with Crippen molar-refractivity contribution < 1.29 is 14.7 Å². The summed E-state index contributed by atoms with van der Waals surface area (Å²) < 4.78 is 0. The summed E-state index contributed by atoms with van der Waals surface area (Å²) in [6, 6.07) is 0.0946. The first-order valence-electron chi connectivity index (χ1n) is 8.08. The number of aryl methyl sites for hydroxylation is 2. The molecule has 2 fully saturated rings.